The second kappa shape index (κ2) is 4.65. The van der Waals surface area contributed by atoms with Crippen molar-refractivity contribution in [1.82, 2.24) is 15.1 Å². The maximum Gasteiger partial charge on any atom is 0.205 e. The molecule has 0 unspecified atom stereocenters. The topological polar surface area (TPSA) is 50.3 Å². The van der Waals surface area contributed by atoms with Crippen molar-refractivity contribution in [3.63, 3.8) is 0 Å². The highest BCUT2D eigenvalue weighted by Gasteiger charge is 2.31. The van der Waals surface area contributed by atoms with E-state index in [1.54, 1.807) is 11.3 Å². The van der Waals surface area contributed by atoms with Crippen LogP contribution in [0.5, 0.6) is 0 Å². The van der Waals surface area contributed by atoms with E-state index in [2.05, 4.69) is 34.3 Å². The fourth-order valence-electron chi connectivity index (χ4n) is 1.77. The maximum absolute atomic E-state index is 5.49. The van der Waals surface area contributed by atoms with Gasteiger partial charge in [-0.3, -0.25) is 4.90 Å². The van der Waals surface area contributed by atoms with Crippen LogP contribution in [0.2, 0.25) is 0 Å². The number of anilines is 1. The molecule has 90 valence electrons. The molecule has 0 radical (unpaired) electrons. The number of nitrogens with one attached hydrogen (secondary N) is 1. The molecule has 1 aliphatic rings. The average Bonchev–Trinajstić information content (AvgIpc) is 2.69. The summed E-state index contributed by atoms with van der Waals surface area (Å²) in [7, 11) is 1.86. The van der Waals surface area contributed by atoms with Crippen molar-refractivity contribution in [2.45, 2.75) is 25.9 Å². The third kappa shape index (κ3) is 2.50. The van der Waals surface area contributed by atoms with Crippen LogP contribution in [0.15, 0.2) is 0 Å². The highest BCUT2D eigenvalue weighted by atomic mass is 32.1. The maximum atomic E-state index is 5.49. The van der Waals surface area contributed by atoms with E-state index in [9.17, 15) is 0 Å². The third-order valence-corrected chi connectivity index (χ3v) is 3.75. The zero-order valence-electron chi connectivity index (χ0n) is 9.99. The van der Waals surface area contributed by atoms with Gasteiger partial charge in [-0.15, -0.1) is 10.2 Å². The number of rotatable bonds is 3. The molecule has 1 saturated heterocycles. The van der Waals surface area contributed by atoms with Crippen LogP contribution in [0.4, 0.5) is 5.13 Å². The van der Waals surface area contributed by atoms with Gasteiger partial charge in [0.05, 0.1) is 19.8 Å². The Kier molecular flexibility index (Phi) is 3.41. The Hall–Kier alpha value is -0.720. The van der Waals surface area contributed by atoms with Crippen molar-refractivity contribution in [3.05, 3.63) is 5.01 Å². The molecule has 5 nitrogen and oxygen atoms in total. The number of hydrogen-bond acceptors (Lipinski definition) is 6. The van der Waals surface area contributed by atoms with Gasteiger partial charge < -0.3 is 10.1 Å². The van der Waals surface area contributed by atoms with E-state index in [1.807, 2.05) is 7.05 Å². The van der Waals surface area contributed by atoms with Gasteiger partial charge in [-0.2, -0.15) is 0 Å². The first-order valence-corrected chi connectivity index (χ1v) is 6.26. The molecule has 1 aromatic heterocycles. The molecule has 6 heteroatoms. The van der Waals surface area contributed by atoms with E-state index in [1.165, 1.54) is 0 Å². The lowest BCUT2D eigenvalue weighted by atomic mass is 10.0. The second-order valence-corrected chi connectivity index (χ2v) is 5.60. The zero-order valence-corrected chi connectivity index (χ0v) is 10.8. The van der Waals surface area contributed by atoms with E-state index in [-0.39, 0.29) is 5.54 Å². The van der Waals surface area contributed by atoms with Crippen LogP contribution in [-0.2, 0) is 11.3 Å². The molecule has 0 aliphatic carbocycles. The first-order chi connectivity index (χ1) is 7.62. The predicted molar refractivity (Wildman–Crippen MR) is 64.8 cm³/mol. The Balaban J connectivity index is 2.02. The lowest BCUT2D eigenvalue weighted by molar-refractivity contribution is -0.0553. The molecule has 1 fully saturated rings. The predicted octanol–water partition coefficient (Wildman–Crippen LogP) is 1.19. The van der Waals surface area contributed by atoms with Crippen molar-refractivity contribution in [2.75, 3.05) is 32.1 Å². The summed E-state index contributed by atoms with van der Waals surface area (Å²) in [5.41, 5.74) is 0.0870. The molecule has 2 rings (SSSR count). The largest absolute Gasteiger partial charge is 0.378 e. The molecule has 0 bridgehead atoms. The fourth-order valence-corrected chi connectivity index (χ4v) is 2.47. The summed E-state index contributed by atoms with van der Waals surface area (Å²) in [6, 6.07) is 0. The average molecular weight is 242 g/mol. The number of morpholine rings is 1. The molecule has 0 spiro atoms. The van der Waals surface area contributed by atoms with Crippen LogP contribution >= 0.6 is 11.3 Å². The number of ether oxygens (including phenoxy) is 1. The molecule has 0 amide bonds. The Morgan fingerprint density at radius 3 is 2.94 bits per heavy atom. The smallest absolute Gasteiger partial charge is 0.205 e. The Labute approximate surface area is 99.8 Å². The highest BCUT2D eigenvalue weighted by molar-refractivity contribution is 7.15. The first kappa shape index (κ1) is 11.8. The van der Waals surface area contributed by atoms with Crippen LogP contribution in [0.1, 0.15) is 18.9 Å². The summed E-state index contributed by atoms with van der Waals surface area (Å²) in [6.45, 7) is 7.81. The SMILES string of the molecule is CNc1nnc(CN2CCOCC2(C)C)s1. The van der Waals surface area contributed by atoms with Crippen LogP contribution in [0.25, 0.3) is 0 Å². The standard InChI is InChI=1S/C10H18N4OS/c1-10(2)7-15-5-4-14(10)6-8-12-13-9(11-3)16-8/h4-7H2,1-3H3,(H,11,13). The van der Waals surface area contributed by atoms with Gasteiger partial charge in [0.15, 0.2) is 0 Å². The summed E-state index contributed by atoms with van der Waals surface area (Å²) >= 11 is 1.61. The number of nitrogens with zero attached hydrogens (tertiary/aromatic N) is 3. The molecule has 16 heavy (non-hydrogen) atoms. The lowest BCUT2D eigenvalue weighted by Gasteiger charge is -2.41. The van der Waals surface area contributed by atoms with Crippen LogP contribution in [0.3, 0.4) is 0 Å². The van der Waals surface area contributed by atoms with Gasteiger partial charge in [0, 0.05) is 19.1 Å². The molecule has 1 N–H and O–H groups in total. The molecule has 0 aromatic carbocycles. The molecule has 2 heterocycles. The van der Waals surface area contributed by atoms with Gasteiger partial charge in [0.1, 0.15) is 5.01 Å². The van der Waals surface area contributed by atoms with Crippen molar-refractivity contribution in [2.24, 2.45) is 0 Å². The third-order valence-electron chi connectivity index (χ3n) is 2.82. The van der Waals surface area contributed by atoms with Gasteiger partial charge in [-0.05, 0) is 13.8 Å². The van der Waals surface area contributed by atoms with Gasteiger partial charge in [-0.25, -0.2) is 0 Å². The Morgan fingerprint density at radius 2 is 2.31 bits per heavy atom. The second-order valence-electron chi connectivity index (χ2n) is 4.54. The van der Waals surface area contributed by atoms with E-state index >= 15 is 0 Å². The minimum Gasteiger partial charge on any atom is -0.378 e. The van der Waals surface area contributed by atoms with Gasteiger partial charge >= 0.3 is 0 Å². The molecule has 0 saturated carbocycles. The quantitative estimate of drug-likeness (QED) is 0.863. The van der Waals surface area contributed by atoms with Gasteiger partial charge in [0.2, 0.25) is 5.13 Å². The van der Waals surface area contributed by atoms with Crippen LogP contribution < -0.4 is 5.32 Å². The van der Waals surface area contributed by atoms with Crippen LogP contribution in [-0.4, -0.2) is 47.4 Å². The van der Waals surface area contributed by atoms with Gasteiger partial charge in [0.25, 0.3) is 0 Å². The van der Waals surface area contributed by atoms with E-state index in [0.29, 0.717) is 0 Å². The summed E-state index contributed by atoms with van der Waals surface area (Å²) in [4.78, 5) is 2.40. The highest BCUT2D eigenvalue weighted by Crippen LogP contribution is 2.23. The number of aromatic nitrogens is 2. The Bertz CT molecular complexity index is 352. The van der Waals surface area contributed by atoms with Crippen molar-refractivity contribution < 1.29 is 4.74 Å². The lowest BCUT2D eigenvalue weighted by Crippen LogP contribution is -2.52. The summed E-state index contributed by atoms with van der Waals surface area (Å²) in [5.74, 6) is 0. The molecular formula is C10H18N4OS. The van der Waals surface area contributed by atoms with Crippen molar-refractivity contribution >= 4 is 16.5 Å². The monoisotopic (exact) mass is 242 g/mol. The van der Waals surface area contributed by atoms with E-state index < -0.39 is 0 Å². The van der Waals surface area contributed by atoms with E-state index in [4.69, 9.17) is 4.74 Å². The normalized spacial score (nSPS) is 20.9. The molecule has 1 aromatic rings. The fraction of sp³-hybridized carbons (Fsp3) is 0.800. The minimum absolute atomic E-state index is 0.0870. The van der Waals surface area contributed by atoms with Crippen molar-refractivity contribution in [1.29, 1.82) is 0 Å². The number of hydrogen-bond donors (Lipinski definition) is 1. The Morgan fingerprint density at radius 1 is 1.50 bits per heavy atom. The van der Waals surface area contributed by atoms with Crippen molar-refractivity contribution in [3.8, 4) is 0 Å². The van der Waals surface area contributed by atoms with E-state index in [0.717, 1.165) is 36.4 Å². The summed E-state index contributed by atoms with van der Waals surface area (Å²) in [6.07, 6.45) is 0. The zero-order chi connectivity index (χ0) is 11.6. The minimum atomic E-state index is 0.0870. The summed E-state index contributed by atoms with van der Waals surface area (Å²) in [5, 5.41) is 13.2. The first-order valence-electron chi connectivity index (χ1n) is 5.45. The summed E-state index contributed by atoms with van der Waals surface area (Å²) < 4.78 is 5.49. The molecule has 0 atom stereocenters. The van der Waals surface area contributed by atoms with Crippen LogP contribution in [0, 0.1) is 0 Å². The van der Waals surface area contributed by atoms with Gasteiger partial charge in [-0.1, -0.05) is 11.3 Å². The molecule has 1 aliphatic heterocycles. The molecular weight excluding hydrogens is 224 g/mol.